The summed E-state index contributed by atoms with van der Waals surface area (Å²) < 4.78 is 9.25. The van der Waals surface area contributed by atoms with Crippen molar-refractivity contribution in [3.8, 4) is 22.7 Å². The predicted molar refractivity (Wildman–Crippen MR) is 123 cm³/mol. The molecule has 7 heteroatoms. The number of imidazole rings is 1. The molecule has 5 rings (SSSR count). The molecule has 1 saturated carbocycles. The number of hydrogen-bond donors (Lipinski definition) is 1. The zero-order valence-corrected chi connectivity index (χ0v) is 18.4. The Morgan fingerprint density at radius 3 is 2.84 bits per heavy atom. The third-order valence-corrected chi connectivity index (χ3v) is 6.09. The van der Waals surface area contributed by atoms with Crippen molar-refractivity contribution in [3.63, 3.8) is 0 Å². The normalized spacial score (nSPS) is 14.4. The average molecular weight is 430 g/mol. The number of H-pyrrole nitrogens is 1. The van der Waals surface area contributed by atoms with E-state index >= 15 is 0 Å². The van der Waals surface area contributed by atoms with E-state index in [4.69, 9.17) is 9.72 Å². The number of hydrogen-bond acceptors (Lipinski definition) is 4. The number of nitrogens with one attached hydrogen (secondary N) is 1. The number of nitrogens with zero attached hydrogens (tertiary/aromatic N) is 4. The lowest BCUT2D eigenvalue weighted by Crippen LogP contribution is -2.26. The minimum absolute atomic E-state index is 0.118. The van der Waals surface area contributed by atoms with Gasteiger partial charge >= 0.3 is 5.69 Å². The van der Waals surface area contributed by atoms with E-state index in [0.29, 0.717) is 11.7 Å². The van der Waals surface area contributed by atoms with Gasteiger partial charge in [0.05, 0.1) is 24.5 Å². The largest absolute Gasteiger partial charge is 0.493 e. The van der Waals surface area contributed by atoms with Crippen LogP contribution in [0.5, 0.6) is 5.75 Å². The summed E-state index contributed by atoms with van der Waals surface area (Å²) in [7, 11) is 0. The fourth-order valence-corrected chi connectivity index (χ4v) is 3.94. The van der Waals surface area contributed by atoms with Crippen molar-refractivity contribution in [2.24, 2.45) is 5.92 Å². The fraction of sp³-hybridized carbons (Fsp3) is 0.320. The van der Waals surface area contributed by atoms with Crippen molar-refractivity contribution in [1.82, 2.24) is 24.3 Å². The summed E-state index contributed by atoms with van der Waals surface area (Å²) in [5, 5.41) is 6.87. The van der Waals surface area contributed by atoms with Gasteiger partial charge in [-0.2, -0.15) is 5.10 Å². The highest BCUT2D eigenvalue weighted by Gasteiger charge is 2.22. The molecular formula is C25H27N5O2. The van der Waals surface area contributed by atoms with Gasteiger partial charge in [-0.1, -0.05) is 19.1 Å². The Labute approximate surface area is 186 Å². The zero-order chi connectivity index (χ0) is 22.1. The quantitative estimate of drug-likeness (QED) is 0.451. The molecule has 1 fully saturated rings. The van der Waals surface area contributed by atoms with Crippen LogP contribution in [0.4, 0.5) is 0 Å². The van der Waals surface area contributed by atoms with Gasteiger partial charge in [0, 0.05) is 29.7 Å². The SMILES string of the molecule is CCc1nc(-n2ccn(C(C)c3cccc(OCC4CC4)c3)c2=O)ccc1-c1cn[nH]c1. The van der Waals surface area contributed by atoms with Crippen molar-refractivity contribution >= 4 is 0 Å². The Bertz CT molecular complexity index is 1270. The molecule has 1 N–H and O–H groups in total. The molecule has 164 valence electrons. The molecule has 0 aliphatic heterocycles. The molecule has 4 aromatic rings. The lowest BCUT2D eigenvalue weighted by molar-refractivity contribution is 0.299. The number of benzene rings is 1. The Balaban J connectivity index is 1.42. The smallest absolute Gasteiger partial charge is 0.334 e. The number of aromatic nitrogens is 5. The van der Waals surface area contributed by atoms with Crippen LogP contribution in [0.3, 0.4) is 0 Å². The van der Waals surface area contributed by atoms with Gasteiger partial charge in [0.25, 0.3) is 0 Å². The van der Waals surface area contributed by atoms with E-state index in [9.17, 15) is 4.79 Å². The van der Waals surface area contributed by atoms with Crippen LogP contribution in [0.15, 0.2) is 66.0 Å². The molecular weight excluding hydrogens is 402 g/mol. The highest BCUT2D eigenvalue weighted by molar-refractivity contribution is 5.65. The molecule has 1 aromatic carbocycles. The maximum Gasteiger partial charge on any atom is 0.334 e. The summed E-state index contributed by atoms with van der Waals surface area (Å²) in [4.78, 5) is 18.0. The van der Waals surface area contributed by atoms with E-state index in [2.05, 4.69) is 17.1 Å². The van der Waals surface area contributed by atoms with Crippen LogP contribution in [0.1, 0.15) is 44.0 Å². The van der Waals surface area contributed by atoms with Crippen LogP contribution in [0.25, 0.3) is 16.9 Å². The molecule has 7 nitrogen and oxygen atoms in total. The van der Waals surface area contributed by atoms with Gasteiger partial charge in [0.1, 0.15) is 11.6 Å². The van der Waals surface area contributed by atoms with Gasteiger partial charge in [-0.25, -0.2) is 9.78 Å². The van der Waals surface area contributed by atoms with Crippen LogP contribution in [0, 0.1) is 5.92 Å². The first-order valence-electron chi connectivity index (χ1n) is 11.2. The van der Waals surface area contributed by atoms with Crippen LogP contribution in [-0.4, -0.2) is 30.9 Å². The molecule has 0 spiro atoms. The van der Waals surface area contributed by atoms with Crippen molar-refractivity contribution < 1.29 is 4.74 Å². The number of aryl methyl sites for hydroxylation is 1. The van der Waals surface area contributed by atoms with E-state index in [1.165, 1.54) is 12.8 Å². The van der Waals surface area contributed by atoms with Crippen LogP contribution < -0.4 is 10.4 Å². The fourth-order valence-electron chi connectivity index (χ4n) is 3.94. The lowest BCUT2D eigenvalue weighted by Gasteiger charge is -2.15. The highest BCUT2D eigenvalue weighted by atomic mass is 16.5. The summed E-state index contributed by atoms with van der Waals surface area (Å²) >= 11 is 0. The van der Waals surface area contributed by atoms with Crippen molar-refractivity contribution in [2.75, 3.05) is 6.61 Å². The predicted octanol–water partition coefficient (Wildman–Crippen LogP) is 4.38. The molecule has 1 atom stereocenters. The molecule has 1 aliphatic carbocycles. The van der Waals surface area contributed by atoms with E-state index in [0.717, 1.165) is 41.2 Å². The summed E-state index contributed by atoms with van der Waals surface area (Å²) in [5.74, 6) is 2.18. The molecule has 1 unspecified atom stereocenters. The zero-order valence-electron chi connectivity index (χ0n) is 18.4. The molecule has 0 amide bonds. The molecule has 0 bridgehead atoms. The summed E-state index contributed by atoms with van der Waals surface area (Å²) in [6.07, 6.45) is 10.5. The van der Waals surface area contributed by atoms with Crippen molar-refractivity contribution in [2.45, 2.75) is 39.2 Å². The highest BCUT2D eigenvalue weighted by Crippen LogP contribution is 2.30. The third kappa shape index (κ3) is 3.98. The molecule has 32 heavy (non-hydrogen) atoms. The Hall–Kier alpha value is -3.61. The first kappa shape index (κ1) is 20.3. The van der Waals surface area contributed by atoms with Gasteiger partial charge in [0.2, 0.25) is 0 Å². The van der Waals surface area contributed by atoms with E-state index in [-0.39, 0.29) is 11.7 Å². The second-order valence-corrected chi connectivity index (χ2v) is 8.37. The topological polar surface area (TPSA) is 77.7 Å². The Morgan fingerprint density at radius 1 is 1.22 bits per heavy atom. The number of pyridine rings is 1. The maximum absolute atomic E-state index is 13.2. The summed E-state index contributed by atoms with van der Waals surface area (Å²) in [6.45, 7) is 4.86. The standard InChI is InChI=1S/C25H27N5O2/c1-3-23-22(20-14-26-27-15-20)9-10-24(28-23)30-12-11-29(25(30)31)17(2)19-5-4-6-21(13-19)32-16-18-7-8-18/h4-6,9-15,17-18H,3,7-8,16H2,1-2H3,(H,26,27). The minimum Gasteiger partial charge on any atom is -0.493 e. The third-order valence-electron chi connectivity index (χ3n) is 6.09. The van der Waals surface area contributed by atoms with Crippen LogP contribution in [-0.2, 0) is 6.42 Å². The second-order valence-electron chi connectivity index (χ2n) is 8.37. The molecule has 0 radical (unpaired) electrons. The Morgan fingerprint density at radius 2 is 2.09 bits per heavy atom. The maximum atomic E-state index is 13.2. The Kier molecular flexibility index (Phi) is 5.39. The average Bonchev–Trinajstić information content (AvgIpc) is 3.34. The number of rotatable bonds is 8. The van der Waals surface area contributed by atoms with Gasteiger partial charge in [-0.3, -0.25) is 14.2 Å². The lowest BCUT2D eigenvalue weighted by atomic mass is 10.1. The first-order valence-corrected chi connectivity index (χ1v) is 11.2. The molecule has 1 aliphatic rings. The van der Waals surface area contributed by atoms with E-state index in [1.807, 2.05) is 55.7 Å². The van der Waals surface area contributed by atoms with Gasteiger partial charge in [-0.05, 0) is 61.9 Å². The van der Waals surface area contributed by atoms with E-state index in [1.54, 1.807) is 21.5 Å². The second kappa shape index (κ2) is 8.49. The minimum atomic E-state index is -0.121. The monoisotopic (exact) mass is 429 g/mol. The molecule has 0 saturated heterocycles. The first-order chi connectivity index (χ1) is 15.6. The van der Waals surface area contributed by atoms with Crippen LogP contribution in [0.2, 0.25) is 0 Å². The van der Waals surface area contributed by atoms with E-state index < -0.39 is 0 Å². The van der Waals surface area contributed by atoms with Crippen molar-refractivity contribution in [1.29, 1.82) is 0 Å². The molecule has 3 heterocycles. The van der Waals surface area contributed by atoms with Gasteiger partial charge < -0.3 is 4.74 Å². The summed E-state index contributed by atoms with van der Waals surface area (Å²) in [6, 6.07) is 11.8. The van der Waals surface area contributed by atoms with Gasteiger partial charge in [0.15, 0.2) is 0 Å². The number of ether oxygens (including phenoxy) is 1. The van der Waals surface area contributed by atoms with Crippen LogP contribution >= 0.6 is 0 Å². The summed E-state index contributed by atoms with van der Waals surface area (Å²) in [5.41, 5.74) is 3.86. The van der Waals surface area contributed by atoms with Gasteiger partial charge in [-0.15, -0.1) is 0 Å². The number of aromatic amines is 1. The van der Waals surface area contributed by atoms with Crippen molar-refractivity contribution in [3.05, 3.63) is 82.9 Å². The molecule has 3 aromatic heterocycles.